The quantitative estimate of drug-likeness (QED) is 0.314. The van der Waals surface area contributed by atoms with Crippen LogP contribution in [0.15, 0.2) is 23.2 Å². The zero-order chi connectivity index (χ0) is 23.5. The Morgan fingerprint density at radius 3 is 2.56 bits per heavy atom. The van der Waals surface area contributed by atoms with Crippen molar-refractivity contribution in [1.82, 2.24) is 0 Å². The molecule has 1 atom stereocenters. The fraction of sp³-hybridized carbons (Fsp3) is 0.480. The third kappa shape index (κ3) is 5.03. The topological polar surface area (TPSA) is 112 Å². The molecule has 7 heteroatoms. The summed E-state index contributed by atoms with van der Waals surface area (Å²) in [5.74, 6) is 2.61. The summed E-state index contributed by atoms with van der Waals surface area (Å²) in [5, 5.41) is 10.4. The fourth-order valence-electron chi connectivity index (χ4n) is 4.25. The number of unbranched alkanes of at least 4 members (excludes halogenated alkanes) is 1. The number of fused-ring (bicyclic) bond motifs is 1. The number of nitrogens with two attached hydrogens (primary N) is 2. The number of hydrogen-bond acceptors (Lipinski definition) is 5. The van der Waals surface area contributed by atoms with Crippen LogP contribution in [0.5, 0.6) is 23.0 Å². The molecule has 0 fully saturated rings. The minimum absolute atomic E-state index is 0.000845. The molecule has 1 heterocycles. The molecule has 0 aliphatic carbocycles. The number of guanidine groups is 1. The van der Waals surface area contributed by atoms with Gasteiger partial charge in [0.2, 0.25) is 0 Å². The first-order chi connectivity index (χ1) is 15.1. The van der Waals surface area contributed by atoms with Crippen LogP contribution in [-0.4, -0.2) is 30.4 Å². The molecule has 7 nitrogen and oxygen atoms in total. The molecule has 0 amide bonds. The first-order valence-corrected chi connectivity index (χ1v) is 11.1. The van der Waals surface area contributed by atoms with E-state index in [0.29, 0.717) is 29.5 Å². The number of benzene rings is 2. The molecule has 174 valence electrons. The molecule has 1 aliphatic rings. The zero-order valence-corrected chi connectivity index (χ0v) is 19.7. The van der Waals surface area contributed by atoms with Gasteiger partial charge >= 0.3 is 0 Å². The Balaban J connectivity index is 1.55. The molecule has 1 unspecified atom stereocenters. The highest BCUT2D eigenvalue weighted by Crippen LogP contribution is 2.44. The predicted octanol–water partition coefficient (Wildman–Crippen LogP) is 4.56. The van der Waals surface area contributed by atoms with Crippen molar-refractivity contribution < 1.29 is 19.3 Å². The molecule has 0 aromatic heterocycles. The molecule has 2 aromatic rings. The van der Waals surface area contributed by atoms with Gasteiger partial charge in [-0.15, -0.1) is 0 Å². The molecule has 0 spiro atoms. The van der Waals surface area contributed by atoms with Crippen LogP contribution in [0, 0.1) is 20.8 Å². The Labute approximate surface area is 190 Å². The molecule has 0 saturated carbocycles. The lowest BCUT2D eigenvalue weighted by Crippen LogP contribution is -2.37. The second kappa shape index (κ2) is 9.59. The maximum atomic E-state index is 10.4. The second-order valence-corrected chi connectivity index (χ2v) is 8.76. The molecule has 3 rings (SSSR count). The fourth-order valence-corrected chi connectivity index (χ4v) is 4.25. The average Bonchev–Trinajstić information content (AvgIpc) is 2.76. The Kier molecular flexibility index (Phi) is 7.06. The van der Waals surface area contributed by atoms with Crippen LogP contribution in [0.4, 0.5) is 5.69 Å². The number of methoxy groups -OCH3 is 1. The van der Waals surface area contributed by atoms with Gasteiger partial charge in [-0.05, 0) is 88.6 Å². The van der Waals surface area contributed by atoms with Crippen LogP contribution in [0.25, 0.3) is 0 Å². The van der Waals surface area contributed by atoms with Gasteiger partial charge in [0.05, 0.1) is 19.4 Å². The number of aliphatic imine (C=N–C) groups is 1. The van der Waals surface area contributed by atoms with Crippen molar-refractivity contribution in [2.45, 2.75) is 65.4 Å². The first kappa shape index (κ1) is 23.6. The molecule has 32 heavy (non-hydrogen) atoms. The Morgan fingerprint density at radius 1 is 1.12 bits per heavy atom. The average molecular weight is 442 g/mol. The molecule has 5 N–H and O–H groups in total. The van der Waals surface area contributed by atoms with Crippen molar-refractivity contribution in [2.24, 2.45) is 16.5 Å². The van der Waals surface area contributed by atoms with Crippen LogP contribution in [0.2, 0.25) is 0 Å². The molecular formula is C25H35N3O4. The molecule has 0 bridgehead atoms. The van der Waals surface area contributed by atoms with E-state index < -0.39 is 0 Å². The minimum Gasteiger partial charge on any atom is -0.507 e. The number of rotatable bonds is 8. The molecule has 2 aromatic carbocycles. The van der Waals surface area contributed by atoms with E-state index in [1.54, 1.807) is 19.2 Å². The van der Waals surface area contributed by atoms with Crippen LogP contribution >= 0.6 is 0 Å². The van der Waals surface area contributed by atoms with Gasteiger partial charge in [-0.2, -0.15) is 0 Å². The van der Waals surface area contributed by atoms with E-state index in [1.165, 1.54) is 0 Å². The standard InChI is InChI=1S/C25H35N3O4/c1-15-16(2)23-19(17(3)22(15)29)10-12-25(4,32-23)11-6-7-13-31-20-9-8-18(28-24(26)27)14-21(20)30-5/h8-9,14,29H,6-7,10-13H2,1-5H3,(H4,26,27,28). The van der Waals surface area contributed by atoms with E-state index in [9.17, 15) is 5.11 Å². The summed E-state index contributed by atoms with van der Waals surface area (Å²) in [6.45, 7) is 8.71. The van der Waals surface area contributed by atoms with Gasteiger partial charge in [-0.25, -0.2) is 4.99 Å². The van der Waals surface area contributed by atoms with Crippen LogP contribution in [0.1, 0.15) is 54.9 Å². The van der Waals surface area contributed by atoms with E-state index in [2.05, 4.69) is 11.9 Å². The molecule has 0 saturated heterocycles. The summed E-state index contributed by atoms with van der Waals surface area (Å²) in [5.41, 5.74) is 15.3. The highest BCUT2D eigenvalue weighted by Gasteiger charge is 2.34. The number of nitrogens with zero attached hydrogens (tertiary/aromatic N) is 1. The van der Waals surface area contributed by atoms with Gasteiger partial charge in [-0.1, -0.05) is 0 Å². The molecular weight excluding hydrogens is 406 g/mol. The minimum atomic E-state index is -0.215. The van der Waals surface area contributed by atoms with E-state index in [4.69, 9.17) is 25.7 Å². The van der Waals surface area contributed by atoms with Crippen molar-refractivity contribution in [3.05, 3.63) is 40.5 Å². The predicted molar refractivity (Wildman–Crippen MR) is 127 cm³/mol. The highest BCUT2D eigenvalue weighted by molar-refractivity contribution is 5.79. The third-order valence-electron chi connectivity index (χ3n) is 6.36. The normalized spacial score (nSPS) is 17.3. The van der Waals surface area contributed by atoms with Gasteiger partial charge in [0, 0.05) is 11.6 Å². The summed E-state index contributed by atoms with van der Waals surface area (Å²) < 4.78 is 17.8. The van der Waals surface area contributed by atoms with Gasteiger partial charge < -0.3 is 30.8 Å². The second-order valence-electron chi connectivity index (χ2n) is 8.76. The molecule has 1 aliphatic heterocycles. The van der Waals surface area contributed by atoms with Crippen LogP contribution in [0.3, 0.4) is 0 Å². The number of ether oxygens (including phenoxy) is 3. The van der Waals surface area contributed by atoms with E-state index in [1.807, 2.05) is 26.8 Å². The van der Waals surface area contributed by atoms with E-state index >= 15 is 0 Å². The lowest BCUT2D eigenvalue weighted by atomic mass is 9.85. The Hall–Kier alpha value is -3.09. The zero-order valence-electron chi connectivity index (χ0n) is 19.7. The summed E-state index contributed by atoms with van der Waals surface area (Å²) in [7, 11) is 1.59. The summed E-state index contributed by atoms with van der Waals surface area (Å²) in [4.78, 5) is 4.02. The monoisotopic (exact) mass is 441 g/mol. The van der Waals surface area contributed by atoms with Gasteiger partial charge in [0.1, 0.15) is 17.1 Å². The van der Waals surface area contributed by atoms with Crippen molar-refractivity contribution in [3.8, 4) is 23.0 Å². The van der Waals surface area contributed by atoms with Crippen molar-refractivity contribution in [3.63, 3.8) is 0 Å². The largest absolute Gasteiger partial charge is 0.507 e. The number of hydrogen-bond donors (Lipinski definition) is 3. The number of aromatic hydroxyl groups is 1. The van der Waals surface area contributed by atoms with Gasteiger partial charge in [0.25, 0.3) is 0 Å². The van der Waals surface area contributed by atoms with E-state index in [-0.39, 0.29) is 11.6 Å². The maximum absolute atomic E-state index is 10.4. The maximum Gasteiger partial charge on any atom is 0.191 e. The third-order valence-corrected chi connectivity index (χ3v) is 6.36. The number of phenolic OH excluding ortho intramolecular Hbond substituents is 1. The summed E-state index contributed by atoms with van der Waals surface area (Å²) >= 11 is 0. The van der Waals surface area contributed by atoms with Gasteiger partial charge in [-0.3, -0.25) is 0 Å². The van der Waals surface area contributed by atoms with E-state index in [0.717, 1.165) is 60.1 Å². The number of phenols is 1. The summed E-state index contributed by atoms with van der Waals surface area (Å²) in [6, 6.07) is 5.34. The highest BCUT2D eigenvalue weighted by atomic mass is 16.5. The summed E-state index contributed by atoms with van der Waals surface area (Å²) in [6.07, 6.45) is 4.67. The Morgan fingerprint density at radius 2 is 1.88 bits per heavy atom. The van der Waals surface area contributed by atoms with Crippen molar-refractivity contribution in [1.29, 1.82) is 0 Å². The van der Waals surface area contributed by atoms with Crippen molar-refractivity contribution in [2.75, 3.05) is 13.7 Å². The van der Waals surface area contributed by atoms with Gasteiger partial charge in [0.15, 0.2) is 17.5 Å². The first-order valence-electron chi connectivity index (χ1n) is 11.1. The van der Waals surface area contributed by atoms with Crippen LogP contribution < -0.4 is 25.7 Å². The Bertz CT molecular complexity index is 1010. The lowest BCUT2D eigenvalue weighted by molar-refractivity contribution is 0.0513. The van der Waals surface area contributed by atoms with Crippen molar-refractivity contribution >= 4 is 11.6 Å². The smallest absolute Gasteiger partial charge is 0.191 e. The lowest BCUT2D eigenvalue weighted by Gasteiger charge is -2.38. The van der Waals surface area contributed by atoms with Crippen LogP contribution in [-0.2, 0) is 6.42 Å². The molecule has 0 radical (unpaired) electrons. The SMILES string of the molecule is COc1cc(N=C(N)N)ccc1OCCCCC1(C)CCc2c(C)c(O)c(C)c(C)c2O1.